The van der Waals surface area contributed by atoms with Crippen LogP contribution < -0.4 is 5.32 Å². The molecule has 1 heterocycles. The first-order chi connectivity index (χ1) is 18.2. The minimum absolute atomic E-state index is 0.0261. The van der Waals surface area contributed by atoms with Crippen LogP contribution in [0.4, 0.5) is 0 Å². The van der Waals surface area contributed by atoms with Crippen LogP contribution in [0.1, 0.15) is 55.0 Å². The van der Waals surface area contributed by atoms with E-state index in [0.717, 1.165) is 23.7 Å². The van der Waals surface area contributed by atoms with Crippen molar-refractivity contribution in [2.75, 3.05) is 26.2 Å². The lowest BCUT2D eigenvalue weighted by Gasteiger charge is -2.40. The molecule has 200 valence electrons. The van der Waals surface area contributed by atoms with Crippen LogP contribution in [0, 0.1) is 12.3 Å². The van der Waals surface area contributed by atoms with Gasteiger partial charge in [-0.3, -0.25) is 14.5 Å². The SMILES string of the molecule is Cc1ccc(CNC(=O)CC(C)(C)CC(=O)N2CCN(C(c3ccccc3)c3ccc(Cl)cc3)CC2)cc1. The van der Waals surface area contributed by atoms with E-state index in [1.54, 1.807) is 0 Å². The Labute approximate surface area is 231 Å². The van der Waals surface area contributed by atoms with Crippen LogP contribution >= 0.6 is 11.6 Å². The molecule has 0 radical (unpaired) electrons. The number of nitrogens with one attached hydrogen (secondary N) is 1. The highest BCUT2D eigenvalue weighted by atomic mass is 35.5. The molecule has 0 saturated carbocycles. The molecule has 0 aliphatic carbocycles. The number of carbonyl (C=O) groups excluding carboxylic acids is 2. The Morgan fingerprint density at radius 1 is 0.842 bits per heavy atom. The Hall–Kier alpha value is -3.15. The van der Waals surface area contributed by atoms with Crippen LogP contribution in [-0.4, -0.2) is 47.8 Å². The number of rotatable bonds is 9. The molecule has 5 nitrogen and oxygen atoms in total. The van der Waals surface area contributed by atoms with Crippen molar-refractivity contribution in [1.29, 1.82) is 0 Å². The Balaban J connectivity index is 1.31. The lowest BCUT2D eigenvalue weighted by molar-refractivity contribution is -0.136. The predicted molar refractivity (Wildman–Crippen MR) is 154 cm³/mol. The van der Waals surface area contributed by atoms with Gasteiger partial charge in [0.2, 0.25) is 11.8 Å². The summed E-state index contributed by atoms with van der Waals surface area (Å²) in [4.78, 5) is 30.2. The van der Waals surface area contributed by atoms with E-state index in [-0.39, 0.29) is 17.9 Å². The second-order valence-corrected chi connectivity index (χ2v) is 11.5. The quantitative estimate of drug-likeness (QED) is 0.368. The molecule has 2 amide bonds. The third-order valence-electron chi connectivity index (χ3n) is 7.21. The molecule has 3 aromatic rings. The van der Waals surface area contributed by atoms with Gasteiger partial charge in [-0.1, -0.05) is 97.7 Å². The lowest BCUT2D eigenvalue weighted by Crippen LogP contribution is -2.50. The van der Waals surface area contributed by atoms with Crippen molar-refractivity contribution in [3.05, 3.63) is 106 Å². The number of benzene rings is 3. The van der Waals surface area contributed by atoms with Crippen molar-refractivity contribution in [3.8, 4) is 0 Å². The van der Waals surface area contributed by atoms with E-state index >= 15 is 0 Å². The molecule has 4 rings (SSSR count). The number of halogens is 1. The molecule has 38 heavy (non-hydrogen) atoms. The molecule has 0 aromatic heterocycles. The first-order valence-corrected chi connectivity index (χ1v) is 13.7. The fourth-order valence-electron chi connectivity index (χ4n) is 5.11. The summed E-state index contributed by atoms with van der Waals surface area (Å²) in [7, 11) is 0. The highest BCUT2D eigenvalue weighted by Gasteiger charge is 2.31. The number of amides is 2. The molecule has 1 aliphatic heterocycles. The van der Waals surface area contributed by atoms with Crippen molar-refractivity contribution in [1.82, 2.24) is 15.1 Å². The average Bonchev–Trinajstić information content (AvgIpc) is 2.90. The van der Waals surface area contributed by atoms with E-state index in [1.807, 2.05) is 68.1 Å². The van der Waals surface area contributed by atoms with Gasteiger partial charge in [0, 0.05) is 50.6 Å². The summed E-state index contributed by atoms with van der Waals surface area (Å²) < 4.78 is 0. The largest absolute Gasteiger partial charge is 0.352 e. The number of nitrogens with zero attached hydrogens (tertiary/aromatic N) is 2. The maximum absolute atomic E-state index is 13.2. The van der Waals surface area contributed by atoms with Gasteiger partial charge in [0.1, 0.15) is 0 Å². The summed E-state index contributed by atoms with van der Waals surface area (Å²) >= 11 is 6.15. The molecule has 1 saturated heterocycles. The average molecular weight is 532 g/mol. The molecule has 1 N–H and O–H groups in total. The minimum atomic E-state index is -0.415. The number of hydrogen-bond acceptors (Lipinski definition) is 3. The maximum Gasteiger partial charge on any atom is 0.223 e. The van der Waals surface area contributed by atoms with Crippen LogP contribution in [0.25, 0.3) is 0 Å². The smallest absolute Gasteiger partial charge is 0.223 e. The second kappa shape index (κ2) is 12.6. The zero-order valence-corrected chi connectivity index (χ0v) is 23.4. The Bertz CT molecular complexity index is 1200. The van der Waals surface area contributed by atoms with Gasteiger partial charge in [0.15, 0.2) is 0 Å². The first-order valence-electron chi connectivity index (χ1n) is 13.3. The topological polar surface area (TPSA) is 52.7 Å². The Kier molecular flexibility index (Phi) is 9.24. The van der Waals surface area contributed by atoms with E-state index in [9.17, 15) is 9.59 Å². The summed E-state index contributed by atoms with van der Waals surface area (Å²) in [5.41, 5.74) is 4.27. The van der Waals surface area contributed by atoms with Gasteiger partial charge >= 0.3 is 0 Å². The standard InChI is InChI=1S/C32H38ClN3O2/c1-24-9-11-25(12-10-24)23-34-29(37)21-32(2,3)22-30(38)35-17-19-36(20-18-35)31(26-7-5-4-6-8-26)27-13-15-28(33)16-14-27/h4-16,31H,17-23H2,1-3H3,(H,34,37). The number of piperazine rings is 1. The molecular formula is C32H38ClN3O2. The zero-order chi connectivity index (χ0) is 27.1. The van der Waals surface area contributed by atoms with Gasteiger partial charge in [-0.05, 0) is 41.2 Å². The van der Waals surface area contributed by atoms with E-state index in [0.29, 0.717) is 32.5 Å². The molecule has 1 unspecified atom stereocenters. The van der Waals surface area contributed by atoms with Gasteiger partial charge in [-0.25, -0.2) is 0 Å². The third kappa shape index (κ3) is 7.68. The molecule has 0 bridgehead atoms. The van der Waals surface area contributed by atoms with Crippen LogP contribution in [0.5, 0.6) is 0 Å². The first kappa shape index (κ1) is 27.9. The maximum atomic E-state index is 13.2. The van der Waals surface area contributed by atoms with E-state index < -0.39 is 5.41 Å². The van der Waals surface area contributed by atoms with E-state index in [1.165, 1.54) is 16.7 Å². The zero-order valence-electron chi connectivity index (χ0n) is 22.6. The minimum Gasteiger partial charge on any atom is -0.352 e. The van der Waals surface area contributed by atoms with E-state index in [4.69, 9.17) is 11.6 Å². The summed E-state index contributed by atoms with van der Waals surface area (Å²) in [5.74, 6) is 0.0885. The van der Waals surface area contributed by atoms with Crippen molar-refractivity contribution in [3.63, 3.8) is 0 Å². The summed E-state index contributed by atoms with van der Waals surface area (Å²) in [6.45, 7) is 9.45. The molecule has 1 fully saturated rings. The van der Waals surface area contributed by atoms with E-state index in [2.05, 4.69) is 46.6 Å². The normalized spacial score (nSPS) is 15.2. The van der Waals surface area contributed by atoms with Crippen molar-refractivity contribution < 1.29 is 9.59 Å². The van der Waals surface area contributed by atoms with Gasteiger partial charge in [-0.15, -0.1) is 0 Å². The second-order valence-electron chi connectivity index (χ2n) is 11.1. The monoisotopic (exact) mass is 531 g/mol. The highest BCUT2D eigenvalue weighted by Crippen LogP contribution is 2.31. The van der Waals surface area contributed by atoms with Crippen molar-refractivity contribution in [2.24, 2.45) is 5.41 Å². The van der Waals surface area contributed by atoms with Crippen LogP contribution in [-0.2, 0) is 16.1 Å². The van der Waals surface area contributed by atoms with Crippen LogP contribution in [0.3, 0.4) is 0 Å². The number of carbonyl (C=O) groups is 2. The molecule has 1 aliphatic rings. The van der Waals surface area contributed by atoms with Crippen molar-refractivity contribution in [2.45, 2.75) is 46.2 Å². The molecular weight excluding hydrogens is 494 g/mol. The summed E-state index contributed by atoms with van der Waals surface area (Å²) in [6, 6.07) is 26.8. The van der Waals surface area contributed by atoms with Gasteiger partial charge in [0.05, 0.1) is 6.04 Å². The fourth-order valence-corrected chi connectivity index (χ4v) is 5.24. The summed E-state index contributed by atoms with van der Waals surface area (Å²) in [5, 5.41) is 3.73. The molecule has 3 aromatic carbocycles. The lowest BCUT2D eigenvalue weighted by atomic mass is 9.84. The highest BCUT2D eigenvalue weighted by molar-refractivity contribution is 6.30. The number of aryl methyl sites for hydroxylation is 1. The molecule has 1 atom stereocenters. The molecule has 0 spiro atoms. The Morgan fingerprint density at radius 3 is 2.08 bits per heavy atom. The fraction of sp³-hybridized carbons (Fsp3) is 0.375. The summed E-state index contributed by atoms with van der Waals surface area (Å²) in [6.07, 6.45) is 0.668. The Morgan fingerprint density at radius 2 is 1.45 bits per heavy atom. The number of hydrogen-bond donors (Lipinski definition) is 1. The van der Waals surface area contributed by atoms with Gasteiger partial charge in [-0.2, -0.15) is 0 Å². The van der Waals surface area contributed by atoms with Crippen LogP contribution in [0.15, 0.2) is 78.9 Å². The predicted octanol–water partition coefficient (Wildman–Crippen LogP) is 6.00. The van der Waals surface area contributed by atoms with Gasteiger partial charge in [0.25, 0.3) is 0 Å². The van der Waals surface area contributed by atoms with Gasteiger partial charge < -0.3 is 10.2 Å². The molecule has 6 heteroatoms. The third-order valence-corrected chi connectivity index (χ3v) is 7.46. The van der Waals surface area contributed by atoms with Crippen LogP contribution in [0.2, 0.25) is 5.02 Å². The van der Waals surface area contributed by atoms with Crippen molar-refractivity contribution >= 4 is 23.4 Å².